The lowest BCUT2D eigenvalue weighted by atomic mass is 10.0. The molecule has 0 saturated carbocycles. The van der Waals surface area contributed by atoms with Gasteiger partial charge in [-0.3, -0.25) is 5.32 Å². The summed E-state index contributed by atoms with van der Waals surface area (Å²) in [5.41, 5.74) is 5.23. The largest absolute Gasteiger partial charge is 0.450 e. The summed E-state index contributed by atoms with van der Waals surface area (Å²) in [5.74, 6) is 0.354. The maximum atomic E-state index is 12.1. The van der Waals surface area contributed by atoms with Crippen molar-refractivity contribution in [1.82, 2.24) is 19.9 Å². The lowest BCUT2D eigenvalue weighted by Crippen LogP contribution is -2.28. The molecule has 0 aliphatic heterocycles. The number of nitrogens with one attached hydrogen (secondary N) is 2. The number of anilines is 2. The zero-order chi connectivity index (χ0) is 25.3. The number of amides is 1. The van der Waals surface area contributed by atoms with E-state index in [1.165, 1.54) is 0 Å². The van der Waals surface area contributed by atoms with Gasteiger partial charge in [0.2, 0.25) is 0 Å². The van der Waals surface area contributed by atoms with Gasteiger partial charge in [0.15, 0.2) is 5.65 Å². The third kappa shape index (κ3) is 5.95. The SMILES string of the molecule is CCOC(=O)Nc1cc(NCCN(CC)CC)c2nc(-c3ccccc3)c(-c3ccccc3)nc2n1. The molecule has 8 nitrogen and oxygen atoms in total. The van der Waals surface area contributed by atoms with E-state index in [1.54, 1.807) is 13.0 Å². The summed E-state index contributed by atoms with van der Waals surface area (Å²) in [6.45, 7) is 9.86. The van der Waals surface area contributed by atoms with Crippen LogP contribution in [0.1, 0.15) is 20.8 Å². The maximum Gasteiger partial charge on any atom is 0.412 e. The maximum absolute atomic E-state index is 12.1. The fraction of sp³-hybridized carbons (Fsp3) is 0.286. The molecule has 4 rings (SSSR count). The van der Waals surface area contributed by atoms with E-state index in [0.29, 0.717) is 23.5 Å². The van der Waals surface area contributed by atoms with E-state index in [1.807, 2.05) is 60.7 Å². The van der Waals surface area contributed by atoms with Crippen molar-refractivity contribution in [2.45, 2.75) is 20.8 Å². The average molecular weight is 485 g/mol. The summed E-state index contributed by atoms with van der Waals surface area (Å²) in [5, 5.41) is 6.21. The number of hydrogen-bond donors (Lipinski definition) is 2. The number of hydrogen-bond acceptors (Lipinski definition) is 7. The molecule has 2 aromatic heterocycles. The van der Waals surface area contributed by atoms with Gasteiger partial charge in [0.1, 0.15) is 11.3 Å². The number of aromatic nitrogens is 3. The van der Waals surface area contributed by atoms with Gasteiger partial charge in [-0.25, -0.2) is 19.7 Å². The van der Waals surface area contributed by atoms with Crippen molar-refractivity contribution >= 4 is 28.8 Å². The van der Waals surface area contributed by atoms with Crippen LogP contribution >= 0.6 is 0 Å². The molecular weight excluding hydrogens is 452 g/mol. The van der Waals surface area contributed by atoms with Gasteiger partial charge in [-0.1, -0.05) is 74.5 Å². The first-order valence-electron chi connectivity index (χ1n) is 12.4. The molecule has 0 fully saturated rings. The third-order valence-electron chi connectivity index (χ3n) is 5.88. The molecular formula is C28H32N6O2. The number of carbonyl (C=O) groups excluding carboxylic acids is 1. The van der Waals surface area contributed by atoms with Gasteiger partial charge >= 0.3 is 6.09 Å². The second-order valence-corrected chi connectivity index (χ2v) is 8.18. The van der Waals surface area contributed by atoms with E-state index in [4.69, 9.17) is 14.7 Å². The Morgan fingerprint density at radius 1 is 0.861 bits per heavy atom. The van der Waals surface area contributed by atoms with Crippen molar-refractivity contribution in [3.8, 4) is 22.5 Å². The number of pyridine rings is 1. The summed E-state index contributed by atoms with van der Waals surface area (Å²) in [6.07, 6.45) is -0.560. The normalized spacial score (nSPS) is 11.0. The second-order valence-electron chi connectivity index (χ2n) is 8.18. The molecule has 0 unspecified atom stereocenters. The summed E-state index contributed by atoms with van der Waals surface area (Å²) in [7, 11) is 0. The van der Waals surface area contributed by atoms with Crippen LogP contribution in [-0.2, 0) is 4.74 Å². The lowest BCUT2D eigenvalue weighted by molar-refractivity contribution is 0.168. The van der Waals surface area contributed by atoms with Gasteiger partial charge in [0, 0.05) is 30.3 Å². The van der Waals surface area contributed by atoms with E-state index in [-0.39, 0.29) is 6.61 Å². The first-order chi connectivity index (χ1) is 17.6. The Labute approximate surface area is 211 Å². The van der Waals surface area contributed by atoms with Gasteiger partial charge in [-0.2, -0.15) is 0 Å². The van der Waals surface area contributed by atoms with Crippen LogP contribution in [0.15, 0.2) is 66.7 Å². The van der Waals surface area contributed by atoms with Crippen molar-refractivity contribution in [2.24, 2.45) is 0 Å². The summed E-state index contributed by atoms with van der Waals surface area (Å²) in [4.78, 5) is 29.1. The summed E-state index contributed by atoms with van der Waals surface area (Å²) >= 11 is 0. The van der Waals surface area contributed by atoms with Crippen LogP contribution in [0, 0.1) is 0 Å². The van der Waals surface area contributed by atoms with Gasteiger partial charge in [0.05, 0.1) is 23.7 Å². The topological polar surface area (TPSA) is 92.3 Å². The van der Waals surface area contributed by atoms with Crippen molar-refractivity contribution in [2.75, 3.05) is 43.4 Å². The first-order valence-corrected chi connectivity index (χ1v) is 12.4. The molecule has 36 heavy (non-hydrogen) atoms. The molecule has 0 aliphatic rings. The Morgan fingerprint density at radius 3 is 2.06 bits per heavy atom. The highest BCUT2D eigenvalue weighted by Gasteiger charge is 2.18. The smallest absolute Gasteiger partial charge is 0.412 e. The molecule has 0 radical (unpaired) electrons. The van der Waals surface area contributed by atoms with E-state index < -0.39 is 6.09 Å². The molecule has 0 atom stereocenters. The van der Waals surface area contributed by atoms with E-state index in [0.717, 1.165) is 47.8 Å². The number of nitrogens with zero attached hydrogens (tertiary/aromatic N) is 4. The minimum absolute atomic E-state index is 0.271. The number of fused-ring (bicyclic) bond motifs is 1. The van der Waals surface area contributed by atoms with Crippen molar-refractivity contribution in [1.29, 1.82) is 0 Å². The molecule has 186 valence electrons. The fourth-order valence-corrected chi connectivity index (χ4v) is 3.99. The Bertz CT molecular complexity index is 1290. The Morgan fingerprint density at radius 2 is 1.47 bits per heavy atom. The highest BCUT2D eigenvalue weighted by atomic mass is 16.5. The van der Waals surface area contributed by atoms with Crippen LogP contribution < -0.4 is 10.6 Å². The predicted molar refractivity (Wildman–Crippen MR) is 145 cm³/mol. The number of ether oxygens (including phenoxy) is 1. The molecule has 1 amide bonds. The highest BCUT2D eigenvalue weighted by Crippen LogP contribution is 2.33. The highest BCUT2D eigenvalue weighted by molar-refractivity contribution is 5.94. The number of likely N-dealkylation sites (N-methyl/N-ethyl adjacent to an activating group) is 1. The first kappa shape index (κ1) is 25.1. The van der Waals surface area contributed by atoms with Gasteiger partial charge < -0.3 is 15.0 Å². The summed E-state index contributed by atoms with van der Waals surface area (Å²) in [6, 6.07) is 21.7. The second kappa shape index (κ2) is 12.1. The van der Waals surface area contributed by atoms with Crippen LogP contribution in [0.25, 0.3) is 33.7 Å². The summed E-state index contributed by atoms with van der Waals surface area (Å²) < 4.78 is 5.06. The molecule has 0 bridgehead atoms. The lowest BCUT2D eigenvalue weighted by Gasteiger charge is -2.19. The van der Waals surface area contributed by atoms with Gasteiger partial charge in [-0.05, 0) is 20.0 Å². The molecule has 4 aromatic rings. The third-order valence-corrected chi connectivity index (χ3v) is 5.88. The van der Waals surface area contributed by atoms with Crippen LogP contribution in [0.5, 0.6) is 0 Å². The van der Waals surface area contributed by atoms with Crippen LogP contribution in [0.3, 0.4) is 0 Å². The van der Waals surface area contributed by atoms with E-state index >= 15 is 0 Å². The van der Waals surface area contributed by atoms with Crippen molar-refractivity contribution in [3.05, 3.63) is 66.7 Å². The number of benzene rings is 2. The molecule has 2 aromatic carbocycles. The number of rotatable bonds is 10. The van der Waals surface area contributed by atoms with Crippen LogP contribution in [0.2, 0.25) is 0 Å². The van der Waals surface area contributed by atoms with Gasteiger partial charge in [-0.15, -0.1) is 0 Å². The van der Waals surface area contributed by atoms with Crippen LogP contribution in [-0.4, -0.2) is 58.7 Å². The van der Waals surface area contributed by atoms with E-state index in [2.05, 4.69) is 34.4 Å². The molecule has 8 heteroatoms. The zero-order valence-electron chi connectivity index (χ0n) is 21.0. The Kier molecular flexibility index (Phi) is 8.41. The monoisotopic (exact) mass is 484 g/mol. The Hall–Kier alpha value is -4.04. The minimum atomic E-state index is -0.560. The molecule has 2 N–H and O–H groups in total. The minimum Gasteiger partial charge on any atom is -0.450 e. The quantitative estimate of drug-likeness (QED) is 0.299. The van der Waals surface area contributed by atoms with Gasteiger partial charge in [0.25, 0.3) is 0 Å². The standard InChI is InChI=1S/C28H32N6O2/c1-4-34(5-2)18-17-29-22-19-23(31-28(35)36-6-3)30-27-26(22)32-24(20-13-9-7-10-14-20)25(33-27)21-15-11-8-12-16-21/h7-16,19H,4-6,17-18H2,1-3H3,(H2,29,30,31,33,35). The zero-order valence-corrected chi connectivity index (χ0v) is 21.0. The molecule has 2 heterocycles. The number of carbonyl (C=O) groups is 1. The fourth-order valence-electron chi connectivity index (χ4n) is 3.99. The Balaban J connectivity index is 1.85. The molecule has 0 spiro atoms. The van der Waals surface area contributed by atoms with Crippen LogP contribution in [0.4, 0.5) is 16.3 Å². The van der Waals surface area contributed by atoms with E-state index in [9.17, 15) is 4.79 Å². The van der Waals surface area contributed by atoms with Crippen molar-refractivity contribution < 1.29 is 9.53 Å². The predicted octanol–water partition coefficient (Wildman–Crippen LogP) is 5.68. The molecule has 0 aliphatic carbocycles. The average Bonchev–Trinajstić information content (AvgIpc) is 2.91. The van der Waals surface area contributed by atoms with Crippen molar-refractivity contribution in [3.63, 3.8) is 0 Å². The molecule has 0 saturated heterocycles.